The molecule has 2 heterocycles. The second-order valence-corrected chi connectivity index (χ2v) is 13.0. The number of nitrogens with two attached hydrogens (primary N) is 1. The average molecular weight is 516 g/mol. The van der Waals surface area contributed by atoms with Gasteiger partial charge in [-0.15, -0.1) is 0 Å². The highest BCUT2D eigenvalue weighted by Crippen LogP contribution is 2.66. The maximum Gasteiger partial charge on any atom is 0.318 e. The zero-order chi connectivity index (χ0) is 24.8. The third-order valence-electron chi connectivity index (χ3n) is 8.71. The Morgan fingerprint density at radius 1 is 1.06 bits per heavy atom. The smallest absolute Gasteiger partial charge is 0.318 e. The van der Waals surface area contributed by atoms with Crippen LogP contribution in [0.1, 0.15) is 68.4 Å². The highest BCUT2D eigenvalue weighted by Gasteiger charge is 2.60. The average Bonchev–Trinajstić information content (AvgIpc) is 3.11. The number of urea groups is 1. The van der Waals surface area contributed by atoms with Gasteiger partial charge in [-0.3, -0.25) is 9.48 Å². The van der Waals surface area contributed by atoms with Crippen LogP contribution in [0.15, 0.2) is 18.2 Å². The van der Waals surface area contributed by atoms with E-state index < -0.39 is 5.91 Å². The van der Waals surface area contributed by atoms with Crippen LogP contribution < -0.4 is 11.1 Å². The summed E-state index contributed by atoms with van der Waals surface area (Å²) in [5, 5.41) is 8.95. The minimum Gasteiger partial charge on any atom is -0.365 e. The Bertz CT molecular complexity index is 1240. The normalized spacial score (nSPS) is 33.0. The van der Waals surface area contributed by atoms with E-state index in [4.69, 9.17) is 28.9 Å². The molecule has 2 unspecified atom stereocenters. The van der Waals surface area contributed by atoms with Gasteiger partial charge in [0.15, 0.2) is 0 Å². The molecule has 4 saturated carbocycles. The molecule has 4 bridgehead atoms. The number of nitrogens with one attached hydrogen (secondary N) is 1. The van der Waals surface area contributed by atoms with Crippen molar-refractivity contribution in [2.45, 2.75) is 71.0 Å². The van der Waals surface area contributed by atoms with Crippen LogP contribution in [0, 0.1) is 16.7 Å². The van der Waals surface area contributed by atoms with E-state index in [0.29, 0.717) is 62.4 Å². The summed E-state index contributed by atoms with van der Waals surface area (Å²) in [4.78, 5) is 27.9. The molecule has 9 heteroatoms. The van der Waals surface area contributed by atoms with Gasteiger partial charge in [-0.25, -0.2) is 4.79 Å². The van der Waals surface area contributed by atoms with Crippen LogP contribution in [-0.4, -0.2) is 38.7 Å². The first-order valence-corrected chi connectivity index (χ1v) is 13.1. The van der Waals surface area contributed by atoms with E-state index in [1.165, 1.54) is 19.3 Å². The van der Waals surface area contributed by atoms with Crippen LogP contribution in [0.5, 0.6) is 0 Å². The minimum atomic E-state index is -0.573. The molecule has 0 saturated heterocycles. The Morgan fingerprint density at radius 2 is 1.77 bits per heavy atom. The molecule has 4 aliphatic carbocycles. The molecule has 0 radical (unpaired) electrons. The van der Waals surface area contributed by atoms with Crippen molar-refractivity contribution < 1.29 is 9.59 Å². The summed E-state index contributed by atoms with van der Waals surface area (Å²) < 4.78 is 1.79. The standard InChI is InChI=1S/C26H31Cl2N5O2/c1-24-8-15-9-25(2,12-24)14-26(10-15,13-24)30-23(35)32-5-6-33-19(11-32)20(22(29)34)21(31-33)16-3-4-17(27)18(28)7-16/h3-4,7,15H,5-6,8-14H2,1-2H3,(H2,29,34)(H,30,35)/t15?,24-,25+,26?. The minimum absolute atomic E-state index is 0.0573. The van der Waals surface area contributed by atoms with Gasteiger partial charge in [-0.2, -0.15) is 5.10 Å². The van der Waals surface area contributed by atoms with Gasteiger partial charge < -0.3 is 16.0 Å². The summed E-state index contributed by atoms with van der Waals surface area (Å²) >= 11 is 12.3. The molecular formula is C26H31Cl2N5O2. The fraction of sp³-hybridized carbons (Fsp3) is 0.577. The molecule has 4 fully saturated rings. The Kier molecular flexibility index (Phi) is 5.05. The molecule has 7 rings (SSSR count). The van der Waals surface area contributed by atoms with Gasteiger partial charge in [0.2, 0.25) is 0 Å². The van der Waals surface area contributed by atoms with E-state index in [1.54, 1.807) is 27.8 Å². The van der Waals surface area contributed by atoms with Gasteiger partial charge >= 0.3 is 6.03 Å². The third-order valence-corrected chi connectivity index (χ3v) is 9.44. The maximum absolute atomic E-state index is 13.6. The molecule has 3 amide bonds. The van der Waals surface area contributed by atoms with Crippen molar-refractivity contribution >= 4 is 35.1 Å². The predicted molar refractivity (Wildman–Crippen MR) is 135 cm³/mol. The van der Waals surface area contributed by atoms with Crippen LogP contribution >= 0.6 is 23.2 Å². The Morgan fingerprint density at radius 3 is 2.40 bits per heavy atom. The van der Waals surface area contributed by atoms with Gasteiger partial charge in [0.05, 0.1) is 34.4 Å². The van der Waals surface area contributed by atoms with Gasteiger partial charge in [-0.05, 0) is 67.4 Å². The second-order valence-electron chi connectivity index (χ2n) is 12.1. The number of rotatable bonds is 3. The fourth-order valence-electron chi connectivity index (χ4n) is 8.49. The largest absolute Gasteiger partial charge is 0.365 e. The van der Waals surface area contributed by atoms with Crippen molar-refractivity contribution in [2.24, 2.45) is 22.5 Å². The highest BCUT2D eigenvalue weighted by molar-refractivity contribution is 6.42. The second kappa shape index (κ2) is 7.62. The van der Waals surface area contributed by atoms with E-state index >= 15 is 0 Å². The summed E-state index contributed by atoms with van der Waals surface area (Å²) in [5.41, 5.74) is 8.43. The molecular weight excluding hydrogens is 485 g/mol. The fourth-order valence-corrected chi connectivity index (χ4v) is 8.79. The summed E-state index contributed by atoms with van der Waals surface area (Å²) in [7, 11) is 0. The Labute approximate surface area is 215 Å². The Balaban J connectivity index is 1.27. The van der Waals surface area contributed by atoms with Gasteiger partial charge in [-0.1, -0.05) is 43.1 Å². The van der Waals surface area contributed by atoms with E-state index in [2.05, 4.69) is 24.3 Å². The predicted octanol–water partition coefficient (Wildman–Crippen LogP) is 5.23. The number of hydrogen-bond acceptors (Lipinski definition) is 3. The van der Waals surface area contributed by atoms with Crippen LogP contribution in [0.3, 0.4) is 0 Å². The maximum atomic E-state index is 13.6. The molecule has 1 aromatic carbocycles. The molecule has 2 aromatic rings. The van der Waals surface area contributed by atoms with Crippen molar-refractivity contribution in [3.63, 3.8) is 0 Å². The van der Waals surface area contributed by atoms with Gasteiger partial charge in [0, 0.05) is 17.6 Å². The molecule has 5 aliphatic rings. The lowest BCUT2D eigenvalue weighted by Gasteiger charge is -2.65. The number of fused-ring (bicyclic) bond motifs is 1. The number of benzene rings is 1. The van der Waals surface area contributed by atoms with E-state index in [-0.39, 0.29) is 18.1 Å². The van der Waals surface area contributed by atoms with Crippen molar-refractivity contribution in [1.82, 2.24) is 20.0 Å². The Hall–Kier alpha value is -2.25. The number of primary amides is 1. The molecule has 4 atom stereocenters. The highest BCUT2D eigenvalue weighted by atomic mass is 35.5. The summed E-state index contributed by atoms with van der Waals surface area (Å²) in [6.07, 6.45) is 7.00. The monoisotopic (exact) mass is 515 g/mol. The van der Waals surface area contributed by atoms with Gasteiger partial charge in [0.25, 0.3) is 5.91 Å². The number of carbonyl (C=O) groups is 2. The topological polar surface area (TPSA) is 93.2 Å². The van der Waals surface area contributed by atoms with Crippen LogP contribution in [-0.2, 0) is 13.1 Å². The SMILES string of the molecule is C[C@]12CC3CC(NC(=O)N4CCn5nc(-c6ccc(Cl)c(Cl)c6)c(C(N)=O)c5C4)(C1)C[C@@](C)(C3)C2. The van der Waals surface area contributed by atoms with Crippen molar-refractivity contribution in [1.29, 1.82) is 0 Å². The third kappa shape index (κ3) is 3.82. The lowest BCUT2D eigenvalue weighted by molar-refractivity contribution is -0.114. The molecule has 3 N–H and O–H groups in total. The van der Waals surface area contributed by atoms with E-state index in [9.17, 15) is 9.59 Å². The van der Waals surface area contributed by atoms with Crippen molar-refractivity contribution in [3.05, 3.63) is 39.5 Å². The van der Waals surface area contributed by atoms with Crippen molar-refractivity contribution in [2.75, 3.05) is 6.54 Å². The quantitative estimate of drug-likeness (QED) is 0.585. The molecule has 0 spiro atoms. The molecule has 1 aromatic heterocycles. The zero-order valence-corrected chi connectivity index (χ0v) is 21.7. The number of amides is 3. The number of hydrogen-bond donors (Lipinski definition) is 2. The number of aromatic nitrogens is 2. The molecule has 1 aliphatic heterocycles. The first-order valence-electron chi connectivity index (χ1n) is 12.4. The van der Waals surface area contributed by atoms with Gasteiger partial charge in [0.1, 0.15) is 5.69 Å². The van der Waals surface area contributed by atoms with E-state index in [0.717, 1.165) is 19.3 Å². The van der Waals surface area contributed by atoms with Crippen molar-refractivity contribution in [3.8, 4) is 11.3 Å². The zero-order valence-electron chi connectivity index (χ0n) is 20.2. The molecule has 35 heavy (non-hydrogen) atoms. The molecule has 186 valence electrons. The summed E-state index contributed by atoms with van der Waals surface area (Å²) in [5.74, 6) is 0.121. The molecule has 7 nitrogen and oxygen atoms in total. The number of halogens is 2. The first kappa shape index (κ1) is 23.2. The summed E-state index contributed by atoms with van der Waals surface area (Å²) in [6.45, 7) is 6.11. The van der Waals surface area contributed by atoms with Crippen LogP contribution in [0.2, 0.25) is 10.0 Å². The van der Waals surface area contributed by atoms with Crippen LogP contribution in [0.25, 0.3) is 11.3 Å². The number of nitrogens with zero attached hydrogens (tertiary/aromatic N) is 3. The first-order chi connectivity index (χ1) is 16.5. The lowest BCUT2D eigenvalue weighted by Crippen LogP contribution is -2.66. The van der Waals surface area contributed by atoms with Crippen LogP contribution in [0.4, 0.5) is 4.79 Å². The summed E-state index contributed by atoms with van der Waals surface area (Å²) in [6, 6.07) is 5.07. The lowest BCUT2D eigenvalue weighted by atomic mass is 9.43. The van der Waals surface area contributed by atoms with E-state index in [1.807, 2.05) is 0 Å². The number of carbonyl (C=O) groups excluding carboxylic acids is 2.